The zero-order chi connectivity index (χ0) is 28.3. The summed E-state index contributed by atoms with van der Waals surface area (Å²) in [6, 6.07) is 5.26. The highest BCUT2D eigenvalue weighted by atomic mass is 19.4. The molecule has 0 unspecified atom stereocenters. The summed E-state index contributed by atoms with van der Waals surface area (Å²) < 4.78 is 47.0. The minimum atomic E-state index is -4.80. The molecule has 5 heterocycles. The minimum absolute atomic E-state index is 0.0557. The first kappa shape index (κ1) is 27.9. The molecule has 214 valence electrons. The molecule has 3 saturated heterocycles. The molecule has 0 saturated carbocycles. The summed E-state index contributed by atoms with van der Waals surface area (Å²) in [7, 11) is 0. The van der Waals surface area contributed by atoms with Crippen molar-refractivity contribution in [2.24, 2.45) is 5.92 Å². The van der Waals surface area contributed by atoms with Crippen LogP contribution in [0.4, 0.5) is 24.7 Å². The second-order valence-corrected chi connectivity index (χ2v) is 10.3. The third-order valence-electron chi connectivity index (χ3n) is 7.78. The molecule has 40 heavy (non-hydrogen) atoms. The van der Waals surface area contributed by atoms with Crippen LogP contribution in [0.2, 0.25) is 0 Å². The van der Waals surface area contributed by atoms with Crippen LogP contribution in [-0.2, 0) is 15.7 Å². The number of carbonyl (C=O) groups is 1. The quantitative estimate of drug-likeness (QED) is 0.538. The average Bonchev–Trinajstić information content (AvgIpc) is 3.44. The number of piperazine rings is 1. The molecule has 5 rings (SSSR count). The SMILES string of the molecule is N#Cc1ccc(N2CCN(C(=O)[C@H]3CNC[C@@H](OC[C@@H]4CCCN4c4cn[nH]c(=O)c4C(F)(F)F)C3)CC2)nc1. The molecular weight excluding hydrogens is 529 g/mol. The normalized spacial score (nSPS) is 23.8. The van der Waals surface area contributed by atoms with Gasteiger partial charge in [0.15, 0.2) is 0 Å². The van der Waals surface area contributed by atoms with E-state index < -0.39 is 17.3 Å². The van der Waals surface area contributed by atoms with Crippen LogP contribution in [0.15, 0.2) is 29.3 Å². The van der Waals surface area contributed by atoms with Crippen molar-refractivity contribution in [2.75, 3.05) is 62.2 Å². The first-order chi connectivity index (χ1) is 19.2. The van der Waals surface area contributed by atoms with Crippen molar-refractivity contribution in [2.45, 2.75) is 37.6 Å². The number of ether oxygens (including phenoxy) is 1. The number of hydrogen-bond acceptors (Lipinski definition) is 9. The Morgan fingerprint density at radius 2 is 1.95 bits per heavy atom. The fourth-order valence-corrected chi connectivity index (χ4v) is 5.72. The maximum atomic E-state index is 13.6. The van der Waals surface area contributed by atoms with Crippen LogP contribution >= 0.6 is 0 Å². The highest BCUT2D eigenvalue weighted by Crippen LogP contribution is 2.36. The third kappa shape index (κ3) is 6.05. The topological polar surface area (TPSA) is 130 Å². The highest BCUT2D eigenvalue weighted by Gasteiger charge is 2.41. The molecule has 0 bridgehead atoms. The standard InChI is InChI=1S/C26H31F3N8O3/c27-26(28,29)23-21(15-33-34-24(23)38)37-5-1-2-19(37)16-40-20-10-18(13-31-14-20)25(39)36-8-6-35(7-9-36)22-4-3-17(11-30)12-32-22/h3-4,12,15,18-20,31H,1-2,5-10,13-14,16H2,(H,34,38)/t18-,19+,20+/m1/s1. The Morgan fingerprint density at radius 1 is 1.15 bits per heavy atom. The fourth-order valence-electron chi connectivity index (χ4n) is 5.72. The summed E-state index contributed by atoms with van der Waals surface area (Å²) in [6.45, 7) is 4.05. The Morgan fingerprint density at radius 3 is 2.65 bits per heavy atom. The summed E-state index contributed by atoms with van der Waals surface area (Å²) >= 11 is 0. The second kappa shape index (κ2) is 11.8. The maximum absolute atomic E-state index is 13.6. The van der Waals surface area contributed by atoms with Crippen molar-refractivity contribution >= 4 is 17.4 Å². The monoisotopic (exact) mass is 560 g/mol. The molecule has 0 spiro atoms. The minimum Gasteiger partial charge on any atom is -0.375 e. The summed E-state index contributed by atoms with van der Waals surface area (Å²) in [5.74, 6) is 0.574. The van der Waals surface area contributed by atoms with Crippen LogP contribution in [0.5, 0.6) is 0 Å². The van der Waals surface area contributed by atoms with Gasteiger partial charge in [-0.2, -0.15) is 23.5 Å². The molecule has 2 aromatic heterocycles. The molecule has 14 heteroatoms. The second-order valence-electron chi connectivity index (χ2n) is 10.3. The van der Waals surface area contributed by atoms with E-state index in [0.717, 1.165) is 12.0 Å². The lowest BCUT2D eigenvalue weighted by atomic mass is 9.95. The number of rotatable bonds is 6. The molecule has 2 N–H and O–H groups in total. The number of aromatic amines is 1. The molecule has 3 atom stereocenters. The molecular formula is C26H31F3N8O3. The van der Waals surface area contributed by atoms with Crippen molar-refractivity contribution in [3.8, 4) is 6.07 Å². The number of halogens is 3. The molecule has 2 aromatic rings. The van der Waals surface area contributed by atoms with Gasteiger partial charge < -0.3 is 24.8 Å². The Bertz CT molecular complexity index is 1290. The van der Waals surface area contributed by atoms with E-state index >= 15 is 0 Å². The number of piperidine rings is 1. The van der Waals surface area contributed by atoms with E-state index in [4.69, 9.17) is 10.00 Å². The van der Waals surface area contributed by atoms with Gasteiger partial charge in [0, 0.05) is 52.0 Å². The van der Waals surface area contributed by atoms with Gasteiger partial charge in [0.1, 0.15) is 17.5 Å². The maximum Gasteiger partial charge on any atom is 0.423 e. The molecule has 1 amide bonds. The van der Waals surface area contributed by atoms with Gasteiger partial charge in [0.2, 0.25) is 5.91 Å². The molecule has 0 aliphatic carbocycles. The number of alkyl halides is 3. The van der Waals surface area contributed by atoms with Crippen LogP contribution in [0.3, 0.4) is 0 Å². The number of pyridine rings is 1. The molecule has 11 nitrogen and oxygen atoms in total. The van der Waals surface area contributed by atoms with Crippen molar-refractivity contribution in [1.29, 1.82) is 5.26 Å². The number of nitriles is 1. The number of carbonyl (C=O) groups excluding carboxylic acids is 1. The zero-order valence-electron chi connectivity index (χ0n) is 21.9. The van der Waals surface area contributed by atoms with Gasteiger partial charge in [-0.3, -0.25) is 9.59 Å². The van der Waals surface area contributed by atoms with Gasteiger partial charge in [0.25, 0.3) is 5.56 Å². The van der Waals surface area contributed by atoms with Crippen LogP contribution < -0.4 is 20.7 Å². The number of H-pyrrole nitrogens is 1. The van der Waals surface area contributed by atoms with Gasteiger partial charge in [-0.1, -0.05) is 0 Å². The smallest absolute Gasteiger partial charge is 0.375 e. The number of amides is 1. The number of hydrogen-bond donors (Lipinski definition) is 2. The van der Waals surface area contributed by atoms with Gasteiger partial charge in [-0.05, 0) is 31.4 Å². The van der Waals surface area contributed by atoms with E-state index in [0.29, 0.717) is 70.6 Å². The van der Waals surface area contributed by atoms with E-state index in [1.807, 2.05) is 16.1 Å². The van der Waals surface area contributed by atoms with Crippen LogP contribution in [-0.4, -0.2) is 90.6 Å². The molecule has 0 radical (unpaired) electrons. The number of aromatic nitrogens is 3. The predicted octanol–water partition coefficient (Wildman–Crippen LogP) is 1.37. The number of anilines is 2. The Kier molecular flexibility index (Phi) is 8.22. The van der Waals surface area contributed by atoms with Crippen LogP contribution in [0.25, 0.3) is 0 Å². The van der Waals surface area contributed by atoms with Crippen molar-refractivity contribution in [3.63, 3.8) is 0 Å². The number of nitrogens with zero attached hydrogens (tertiary/aromatic N) is 6. The van der Waals surface area contributed by atoms with Crippen molar-refractivity contribution < 1.29 is 22.7 Å². The molecule has 0 aromatic carbocycles. The van der Waals surface area contributed by atoms with Gasteiger partial charge >= 0.3 is 6.18 Å². The van der Waals surface area contributed by atoms with Gasteiger partial charge in [0.05, 0.1) is 42.1 Å². The highest BCUT2D eigenvalue weighted by molar-refractivity contribution is 5.79. The van der Waals surface area contributed by atoms with Crippen molar-refractivity contribution in [3.05, 3.63) is 46.0 Å². The lowest BCUT2D eigenvalue weighted by molar-refractivity contribution is -0.138. The van der Waals surface area contributed by atoms with Crippen LogP contribution in [0.1, 0.15) is 30.4 Å². The van der Waals surface area contributed by atoms with Crippen molar-refractivity contribution in [1.82, 2.24) is 25.4 Å². The molecule has 3 aliphatic heterocycles. The van der Waals surface area contributed by atoms with E-state index in [2.05, 4.69) is 26.4 Å². The lowest BCUT2D eigenvalue weighted by Crippen LogP contribution is -2.54. The first-order valence-electron chi connectivity index (χ1n) is 13.4. The first-order valence-corrected chi connectivity index (χ1v) is 13.4. The Hall–Kier alpha value is -3.70. The predicted molar refractivity (Wildman–Crippen MR) is 139 cm³/mol. The van der Waals surface area contributed by atoms with E-state index in [1.54, 1.807) is 11.0 Å². The van der Waals surface area contributed by atoms with Gasteiger partial charge in [-0.15, -0.1) is 0 Å². The van der Waals surface area contributed by atoms with E-state index in [9.17, 15) is 22.8 Å². The third-order valence-corrected chi connectivity index (χ3v) is 7.78. The van der Waals surface area contributed by atoms with E-state index in [1.165, 1.54) is 6.20 Å². The number of nitrogens with one attached hydrogen (secondary N) is 2. The average molecular weight is 561 g/mol. The molecule has 3 aliphatic rings. The zero-order valence-corrected chi connectivity index (χ0v) is 21.9. The summed E-state index contributed by atoms with van der Waals surface area (Å²) in [4.78, 5) is 35.1. The summed E-state index contributed by atoms with van der Waals surface area (Å²) in [5.41, 5.74) is -2.23. The van der Waals surface area contributed by atoms with Crippen LogP contribution in [0, 0.1) is 17.2 Å². The lowest BCUT2D eigenvalue weighted by Gasteiger charge is -2.39. The Balaban J connectivity index is 1.14. The summed E-state index contributed by atoms with van der Waals surface area (Å²) in [5, 5.41) is 17.7. The molecule has 3 fully saturated rings. The summed E-state index contributed by atoms with van der Waals surface area (Å²) in [6.07, 6.45) is -0.639. The van der Waals surface area contributed by atoms with E-state index in [-0.39, 0.29) is 36.3 Å². The van der Waals surface area contributed by atoms with Gasteiger partial charge in [-0.25, -0.2) is 10.1 Å². The Labute approximate surface area is 228 Å². The largest absolute Gasteiger partial charge is 0.423 e. The fraction of sp³-hybridized carbons (Fsp3) is 0.577.